The molecule has 7 nitrogen and oxygen atoms in total. The molecule has 2 aromatic heterocycles. The van der Waals surface area contributed by atoms with Crippen LogP contribution in [0, 0.1) is 10.8 Å². The molecule has 3 aliphatic heterocycles. The van der Waals surface area contributed by atoms with Crippen LogP contribution in [-0.4, -0.2) is 72.4 Å². The zero-order chi connectivity index (χ0) is 26.1. The molecule has 4 aliphatic rings. The van der Waals surface area contributed by atoms with Crippen LogP contribution in [0.4, 0.5) is 24.7 Å². The molecule has 4 fully saturated rings. The van der Waals surface area contributed by atoms with Crippen molar-refractivity contribution in [3.8, 4) is 0 Å². The summed E-state index contributed by atoms with van der Waals surface area (Å²) in [7, 11) is 0. The van der Waals surface area contributed by atoms with Crippen LogP contribution < -0.4 is 10.2 Å². The second kappa shape index (κ2) is 8.54. The van der Waals surface area contributed by atoms with Crippen molar-refractivity contribution in [2.45, 2.75) is 37.9 Å². The summed E-state index contributed by atoms with van der Waals surface area (Å²) >= 11 is 1.09. The van der Waals surface area contributed by atoms with Crippen molar-refractivity contribution in [1.29, 1.82) is 0 Å². The molecule has 0 unspecified atom stereocenters. The first kappa shape index (κ1) is 24.1. The molecule has 0 radical (unpaired) electrons. The summed E-state index contributed by atoms with van der Waals surface area (Å²) in [6, 6.07) is 9.71. The van der Waals surface area contributed by atoms with Crippen molar-refractivity contribution in [1.82, 2.24) is 14.9 Å². The molecular formula is C27H28F3N5O2S. The molecule has 1 N–H and O–H groups in total. The molecule has 5 heterocycles. The Morgan fingerprint density at radius 2 is 1.87 bits per heavy atom. The Hall–Kier alpha value is -2.92. The molecule has 11 heteroatoms. The highest BCUT2D eigenvalue weighted by atomic mass is 32.1. The lowest BCUT2D eigenvalue weighted by Gasteiger charge is -2.54. The van der Waals surface area contributed by atoms with E-state index in [9.17, 15) is 18.0 Å². The zero-order valence-corrected chi connectivity index (χ0v) is 21.6. The topological polar surface area (TPSA) is 70.6 Å². The number of nitrogens with zero attached hydrogens (tertiary/aromatic N) is 4. The number of anilines is 2. The van der Waals surface area contributed by atoms with Gasteiger partial charge in [-0.3, -0.25) is 4.79 Å². The predicted molar refractivity (Wildman–Crippen MR) is 139 cm³/mol. The number of carbonyl (C=O) groups is 1. The normalized spacial score (nSPS) is 25.9. The van der Waals surface area contributed by atoms with Crippen LogP contribution in [0.2, 0.25) is 0 Å². The highest BCUT2D eigenvalue weighted by Gasteiger charge is 2.51. The van der Waals surface area contributed by atoms with Gasteiger partial charge in [0.2, 0.25) is 0 Å². The van der Waals surface area contributed by atoms with Gasteiger partial charge in [0.25, 0.3) is 5.91 Å². The number of amides is 1. The fourth-order valence-corrected chi connectivity index (χ4v) is 7.60. The number of benzene rings is 1. The summed E-state index contributed by atoms with van der Waals surface area (Å²) in [5, 5.41) is 4.32. The molecule has 2 spiro atoms. The monoisotopic (exact) mass is 543 g/mol. The third-order valence-electron chi connectivity index (χ3n) is 8.49. The molecule has 3 aromatic rings. The molecule has 1 saturated carbocycles. The Kier molecular flexibility index (Phi) is 5.43. The fraction of sp³-hybridized carbons (Fsp3) is 0.519. The van der Waals surface area contributed by atoms with E-state index in [1.54, 1.807) is 6.07 Å². The minimum atomic E-state index is -4.24. The number of alkyl halides is 3. The Bertz CT molecular complexity index is 1370. The van der Waals surface area contributed by atoms with E-state index in [2.05, 4.69) is 20.2 Å². The molecule has 3 saturated heterocycles. The number of fused-ring (bicyclic) bond motifs is 1. The third kappa shape index (κ3) is 4.29. The van der Waals surface area contributed by atoms with Gasteiger partial charge in [-0.15, -0.1) is 11.3 Å². The summed E-state index contributed by atoms with van der Waals surface area (Å²) in [5.41, 5.74) is 2.13. The fourth-order valence-electron chi connectivity index (χ4n) is 6.57. The second-order valence-corrected chi connectivity index (χ2v) is 12.7. The van der Waals surface area contributed by atoms with Gasteiger partial charge < -0.3 is 19.9 Å². The Morgan fingerprint density at radius 3 is 2.55 bits per heavy atom. The number of halogens is 3. The summed E-state index contributed by atoms with van der Waals surface area (Å²) in [5.74, 6) is 0.823. The van der Waals surface area contributed by atoms with E-state index in [1.165, 1.54) is 6.33 Å². The second-order valence-electron chi connectivity index (χ2n) is 11.6. The van der Waals surface area contributed by atoms with Crippen molar-refractivity contribution in [2.75, 3.05) is 49.6 Å². The van der Waals surface area contributed by atoms with Gasteiger partial charge in [0.05, 0.1) is 30.4 Å². The van der Waals surface area contributed by atoms with Gasteiger partial charge in [0.15, 0.2) is 0 Å². The quantitative estimate of drug-likeness (QED) is 0.502. The maximum Gasteiger partial charge on any atom is 0.393 e. The van der Waals surface area contributed by atoms with Gasteiger partial charge in [-0.05, 0) is 55.0 Å². The number of hydrogen-bond acceptors (Lipinski definition) is 7. The number of ether oxygens (including phenoxy) is 1. The minimum absolute atomic E-state index is 0.0812. The number of likely N-dealkylation sites (tertiary alicyclic amines) is 1. The summed E-state index contributed by atoms with van der Waals surface area (Å²) in [4.78, 5) is 26.4. The van der Waals surface area contributed by atoms with Gasteiger partial charge >= 0.3 is 6.18 Å². The molecule has 0 atom stereocenters. The molecule has 200 valence electrons. The Morgan fingerprint density at radius 1 is 1.11 bits per heavy atom. The molecule has 1 aliphatic carbocycles. The maximum atomic E-state index is 12.9. The molecule has 38 heavy (non-hydrogen) atoms. The number of hydrogen-bond donors (Lipinski definition) is 1. The maximum absolute atomic E-state index is 12.9. The van der Waals surface area contributed by atoms with Gasteiger partial charge in [0, 0.05) is 48.3 Å². The average molecular weight is 544 g/mol. The lowest BCUT2D eigenvalue weighted by atomic mass is 9.65. The number of thiophene rings is 1. The van der Waals surface area contributed by atoms with Crippen molar-refractivity contribution in [3.05, 3.63) is 47.1 Å². The SMILES string of the molecule is O=C(c1ccc(NC2CC3(CCN(c4ncnc5sc(CC(F)(F)F)cc45)C3)C2)cc1)N1CC2(COC2)C1. The summed E-state index contributed by atoms with van der Waals surface area (Å²) in [6.45, 7) is 4.78. The molecule has 1 aromatic carbocycles. The summed E-state index contributed by atoms with van der Waals surface area (Å²) < 4.78 is 44.0. The van der Waals surface area contributed by atoms with E-state index < -0.39 is 12.6 Å². The first-order valence-corrected chi connectivity index (χ1v) is 13.8. The van der Waals surface area contributed by atoms with Crippen LogP contribution in [0.25, 0.3) is 10.2 Å². The molecule has 0 bridgehead atoms. The van der Waals surface area contributed by atoms with Crippen LogP contribution in [-0.2, 0) is 11.2 Å². The first-order chi connectivity index (χ1) is 18.2. The lowest BCUT2D eigenvalue weighted by molar-refractivity contribution is -0.176. The van der Waals surface area contributed by atoms with Crippen LogP contribution in [0.1, 0.15) is 34.5 Å². The average Bonchev–Trinajstić information content (AvgIpc) is 3.40. The van der Waals surface area contributed by atoms with E-state index in [0.29, 0.717) is 21.8 Å². The number of carbonyl (C=O) groups excluding carboxylic acids is 1. The summed E-state index contributed by atoms with van der Waals surface area (Å²) in [6.07, 6.45) is -0.629. The Balaban J connectivity index is 0.948. The van der Waals surface area contributed by atoms with Crippen molar-refractivity contribution >= 4 is 39.0 Å². The van der Waals surface area contributed by atoms with Gasteiger partial charge in [-0.2, -0.15) is 13.2 Å². The van der Waals surface area contributed by atoms with E-state index in [0.717, 1.165) is 81.5 Å². The standard InChI is InChI=1S/C27H28F3N5O2S/c28-27(29,30)10-20-7-21-22(31-16-32-23(21)38-20)34-6-5-25(11-34)8-19(9-25)33-18-3-1-17(2-4-18)24(36)35-12-26(13-35)14-37-15-26/h1-4,7,16,19,33H,5-6,8-15H2. The smallest absolute Gasteiger partial charge is 0.382 e. The highest BCUT2D eigenvalue weighted by molar-refractivity contribution is 7.18. The largest absolute Gasteiger partial charge is 0.393 e. The molecule has 7 rings (SSSR count). The molecular weight excluding hydrogens is 515 g/mol. The van der Waals surface area contributed by atoms with Gasteiger partial charge in [0.1, 0.15) is 17.0 Å². The number of rotatable bonds is 5. The predicted octanol–water partition coefficient (Wildman–Crippen LogP) is 4.74. The van der Waals surface area contributed by atoms with Gasteiger partial charge in [-0.25, -0.2) is 9.97 Å². The van der Waals surface area contributed by atoms with Crippen molar-refractivity contribution in [3.63, 3.8) is 0 Å². The van der Waals surface area contributed by atoms with Crippen LogP contribution in [0.3, 0.4) is 0 Å². The third-order valence-corrected chi connectivity index (χ3v) is 9.53. The van der Waals surface area contributed by atoms with E-state index in [-0.39, 0.29) is 21.6 Å². The lowest BCUT2D eigenvalue weighted by Crippen LogP contribution is -2.67. The van der Waals surface area contributed by atoms with E-state index in [1.807, 2.05) is 29.2 Å². The van der Waals surface area contributed by atoms with Crippen LogP contribution in [0.15, 0.2) is 36.7 Å². The van der Waals surface area contributed by atoms with Gasteiger partial charge in [-0.1, -0.05) is 0 Å². The minimum Gasteiger partial charge on any atom is -0.382 e. The number of nitrogens with one attached hydrogen (secondary N) is 1. The highest BCUT2D eigenvalue weighted by Crippen LogP contribution is 2.50. The number of aromatic nitrogens is 2. The van der Waals surface area contributed by atoms with Crippen LogP contribution >= 0.6 is 11.3 Å². The van der Waals surface area contributed by atoms with Crippen molar-refractivity contribution in [2.24, 2.45) is 10.8 Å². The first-order valence-electron chi connectivity index (χ1n) is 13.0. The van der Waals surface area contributed by atoms with Crippen LogP contribution in [0.5, 0.6) is 0 Å². The van der Waals surface area contributed by atoms with E-state index in [4.69, 9.17) is 4.74 Å². The molecule has 1 amide bonds. The van der Waals surface area contributed by atoms with Crippen molar-refractivity contribution < 1.29 is 22.7 Å². The Labute approximate surface area is 222 Å². The zero-order valence-electron chi connectivity index (χ0n) is 20.8. The van der Waals surface area contributed by atoms with E-state index >= 15 is 0 Å².